The van der Waals surface area contributed by atoms with Gasteiger partial charge in [-0.3, -0.25) is 0 Å². The topological polar surface area (TPSA) is 0 Å². The Bertz CT molecular complexity index is 846. The van der Waals surface area contributed by atoms with Crippen LogP contribution in [0.1, 0.15) is 108 Å². The molecule has 1 aliphatic carbocycles. The van der Waals surface area contributed by atoms with Gasteiger partial charge >= 0.3 is 11.8 Å². The second-order valence-electron chi connectivity index (χ2n) is 10.1. The summed E-state index contributed by atoms with van der Waals surface area (Å²) in [5.41, 5.74) is 2.39. The molecule has 0 atom stereocenters. The fourth-order valence-corrected chi connectivity index (χ4v) is 5.32. The normalized spacial score (nSPS) is 19.4. The van der Waals surface area contributed by atoms with E-state index in [1.54, 1.807) is 0 Å². The van der Waals surface area contributed by atoms with Crippen LogP contribution in [0, 0.1) is 5.92 Å². The molecule has 0 N–H and O–H groups in total. The molecule has 0 nitrogen and oxygen atoms in total. The first kappa shape index (κ1) is 26.8. The first-order chi connectivity index (χ1) is 16.3. The van der Waals surface area contributed by atoms with Gasteiger partial charge in [0.25, 0.3) is 0 Å². The first-order valence-corrected chi connectivity index (χ1v) is 13.2. The Morgan fingerprint density at radius 1 is 0.676 bits per heavy atom. The van der Waals surface area contributed by atoms with Crippen molar-refractivity contribution >= 4 is 0 Å². The predicted octanol–water partition coefficient (Wildman–Crippen LogP) is 10.5. The van der Waals surface area contributed by atoms with Crippen LogP contribution < -0.4 is 0 Å². The average Bonchev–Trinajstić information content (AvgIpc) is 2.84. The SMILES string of the molecule is CCCCCCC[C@H]1CC[C@H](c2ccc(-c3ccc(C(F)(F)C(F)(F)CCC)cc3)cc2)CC1. The molecule has 0 radical (unpaired) electrons. The van der Waals surface area contributed by atoms with Crippen molar-refractivity contribution in [3.8, 4) is 11.1 Å². The maximum absolute atomic E-state index is 14.3. The molecule has 0 saturated heterocycles. The highest BCUT2D eigenvalue weighted by atomic mass is 19.3. The molecular formula is C30H40F4. The van der Waals surface area contributed by atoms with Gasteiger partial charge in [0.2, 0.25) is 0 Å². The van der Waals surface area contributed by atoms with Gasteiger partial charge in [0.15, 0.2) is 0 Å². The van der Waals surface area contributed by atoms with Gasteiger partial charge in [-0.2, -0.15) is 17.6 Å². The molecule has 0 aliphatic heterocycles. The smallest absolute Gasteiger partial charge is 0.199 e. The van der Waals surface area contributed by atoms with Crippen molar-refractivity contribution in [3.63, 3.8) is 0 Å². The zero-order valence-electron chi connectivity index (χ0n) is 20.8. The molecule has 0 heterocycles. The summed E-state index contributed by atoms with van der Waals surface area (Å²) in [5.74, 6) is -6.75. The number of hydrogen-bond donors (Lipinski definition) is 0. The van der Waals surface area contributed by atoms with E-state index in [0.717, 1.165) is 29.2 Å². The van der Waals surface area contributed by atoms with Gasteiger partial charge in [0.1, 0.15) is 0 Å². The van der Waals surface area contributed by atoms with Crippen LogP contribution in [0.25, 0.3) is 11.1 Å². The maximum Gasteiger partial charge on any atom is 0.335 e. The minimum absolute atomic E-state index is 0.00766. The van der Waals surface area contributed by atoms with Gasteiger partial charge in [-0.25, -0.2) is 0 Å². The van der Waals surface area contributed by atoms with E-state index >= 15 is 0 Å². The number of unbranched alkanes of at least 4 members (excludes halogenated alkanes) is 4. The monoisotopic (exact) mass is 476 g/mol. The Hall–Kier alpha value is -1.84. The lowest BCUT2D eigenvalue weighted by molar-refractivity contribution is -0.219. The molecule has 1 fully saturated rings. The molecule has 1 saturated carbocycles. The molecule has 0 aromatic heterocycles. The molecule has 3 rings (SSSR count). The van der Waals surface area contributed by atoms with Crippen molar-refractivity contribution in [1.82, 2.24) is 0 Å². The maximum atomic E-state index is 14.3. The van der Waals surface area contributed by atoms with Crippen LogP contribution in [0.5, 0.6) is 0 Å². The summed E-state index contributed by atoms with van der Waals surface area (Å²) in [5, 5.41) is 0. The summed E-state index contributed by atoms with van der Waals surface area (Å²) in [6, 6.07) is 13.6. The standard InChI is InChI=1S/C30H40F4/c1-3-5-6-7-8-9-23-10-12-24(13-11-23)25-14-16-26(17-15-25)27-18-20-28(21-19-27)30(33,34)29(31,32)22-4-2/h14-21,23-24H,3-13,22H2,1-2H3/t23-,24-. The van der Waals surface area contributed by atoms with E-state index in [1.165, 1.54) is 88.8 Å². The quantitative estimate of drug-likeness (QED) is 0.211. The van der Waals surface area contributed by atoms with Gasteiger partial charge in [-0.15, -0.1) is 0 Å². The molecule has 0 amide bonds. The lowest BCUT2D eigenvalue weighted by Crippen LogP contribution is -2.37. The Labute approximate surface area is 203 Å². The highest BCUT2D eigenvalue weighted by molar-refractivity contribution is 5.64. The van der Waals surface area contributed by atoms with Gasteiger partial charge in [0, 0.05) is 12.0 Å². The van der Waals surface area contributed by atoms with Crippen LogP contribution in [0.15, 0.2) is 48.5 Å². The first-order valence-electron chi connectivity index (χ1n) is 13.2. The number of hydrogen-bond acceptors (Lipinski definition) is 0. The van der Waals surface area contributed by atoms with E-state index in [1.807, 2.05) is 12.1 Å². The Morgan fingerprint density at radius 3 is 1.79 bits per heavy atom. The van der Waals surface area contributed by atoms with Crippen LogP contribution in [0.3, 0.4) is 0 Å². The van der Waals surface area contributed by atoms with Gasteiger partial charge < -0.3 is 0 Å². The van der Waals surface area contributed by atoms with Crippen LogP contribution in [-0.2, 0) is 5.92 Å². The van der Waals surface area contributed by atoms with Crippen LogP contribution in [0.4, 0.5) is 17.6 Å². The van der Waals surface area contributed by atoms with Crippen LogP contribution in [-0.4, -0.2) is 5.92 Å². The van der Waals surface area contributed by atoms with E-state index < -0.39 is 23.8 Å². The zero-order valence-corrected chi connectivity index (χ0v) is 20.8. The summed E-state index contributed by atoms with van der Waals surface area (Å²) < 4.78 is 56.4. The number of alkyl halides is 4. The van der Waals surface area contributed by atoms with Crippen molar-refractivity contribution in [2.75, 3.05) is 0 Å². The Balaban J connectivity index is 1.55. The molecule has 1 aliphatic rings. The fraction of sp³-hybridized carbons (Fsp3) is 0.600. The van der Waals surface area contributed by atoms with E-state index in [-0.39, 0.29) is 6.42 Å². The molecular weight excluding hydrogens is 436 g/mol. The molecule has 2 aromatic rings. The molecule has 0 spiro atoms. The Kier molecular flexibility index (Phi) is 9.62. The Morgan fingerprint density at radius 2 is 1.24 bits per heavy atom. The number of benzene rings is 2. The summed E-state index contributed by atoms with van der Waals surface area (Å²) in [6.07, 6.45) is 12.4. The van der Waals surface area contributed by atoms with E-state index in [2.05, 4.69) is 19.1 Å². The van der Waals surface area contributed by atoms with Crippen molar-refractivity contribution < 1.29 is 17.6 Å². The number of rotatable bonds is 12. The molecule has 34 heavy (non-hydrogen) atoms. The van der Waals surface area contributed by atoms with Crippen molar-refractivity contribution in [1.29, 1.82) is 0 Å². The van der Waals surface area contributed by atoms with Crippen molar-refractivity contribution in [2.24, 2.45) is 5.92 Å². The largest absolute Gasteiger partial charge is 0.335 e. The molecule has 0 unspecified atom stereocenters. The third-order valence-corrected chi connectivity index (χ3v) is 7.55. The van der Waals surface area contributed by atoms with E-state index in [4.69, 9.17) is 0 Å². The minimum Gasteiger partial charge on any atom is -0.199 e. The van der Waals surface area contributed by atoms with Crippen LogP contribution in [0.2, 0.25) is 0 Å². The van der Waals surface area contributed by atoms with Crippen LogP contribution >= 0.6 is 0 Å². The minimum atomic E-state index is -4.17. The lowest BCUT2D eigenvalue weighted by atomic mass is 9.77. The van der Waals surface area contributed by atoms with Crippen molar-refractivity contribution in [2.45, 2.75) is 109 Å². The summed E-state index contributed by atoms with van der Waals surface area (Å²) in [7, 11) is 0. The lowest BCUT2D eigenvalue weighted by Gasteiger charge is -2.29. The van der Waals surface area contributed by atoms with Crippen molar-refractivity contribution in [3.05, 3.63) is 59.7 Å². The second kappa shape index (κ2) is 12.2. The zero-order chi connectivity index (χ0) is 24.6. The molecule has 188 valence electrons. The van der Waals surface area contributed by atoms with Gasteiger partial charge in [-0.05, 0) is 54.2 Å². The highest BCUT2D eigenvalue weighted by Crippen LogP contribution is 2.46. The average molecular weight is 477 g/mol. The van der Waals surface area contributed by atoms with Gasteiger partial charge in [-0.1, -0.05) is 107 Å². The van der Waals surface area contributed by atoms with E-state index in [9.17, 15) is 17.6 Å². The summed E-state index contributed by atoms with van der Waals surface area (Å²) >= 11 is 0. The number of halogens is 4. The summed E-state index contributed by atoms with van der Waals surface area (Å²) in [6.45, 7) is 3.74. The predicted molar refractivity (Wildman–Crippen MR) is 134 cm³/mol. The molecule has 4 heteroatoms. The highest BCUT2D eigenvalue weighted by Gasteiger charge is 2.56. The fourth-order valence-electron chi connectivity index (χ4n) is 5.32. The third-order valence-electron chi connectivity index (χ3n) is 7.55. The molecule has 2 aromatic carbocycles. The second-order valence-corrected chi connectivity index (χ2v) is 10.1. The van der Waals surface area contributed by atoms with Gasteiger partial charge in [0.05, 0.1) is 0 Å². The van der Waals surface area contributed by atoms with E-state index in [0.29, 0.717) is 5.92 Å². The third kappa shape index (κ3) is 6.64. The molecule has 0 bridgehead atoms. The summed E-state index contributed by atoms with van der Waals surface area (Å²) in [4.78, 5) is 0.